The Hall–Kier alpha value is -0.940. The number of carbonyl (C=O) groups is 1. The van der Waals surface area contributed by atoms with E-state index in [-0.39, 0.29) is 18.0 Å². The van der Waals surface area contributed by atoms with Gasteiger partial charge in [0.2, 0.25) is 0 Å². The highest BCUT2D eigenvalue weighted by atomic mass is 127. The lowest BCUT2D eigenvalue weighted by molar-refractivity contribution is -0.117. The first kappa shape index (κ1) is 14.5. The highest BCUT2D eigenvalue weighted by Gasteiger charge is 2.09. The van der Waals surface area contributed by atoms with Crippen molar-refractivity contribution >= 4 is 40.0 Å². The van der Waals surface area contributed by atoms with Gasteiger partial charge in [-0.1, -0.05) is 29.8 Å². The van der Waals surface area contributed by atoms with Gasteiger partial charge in [0.05, 0.1) is 0 Å². The molecular formula is C15H11ClFIO. The number of hydrogen-bond donors (Lipinski definition) is 0. The molecule has 0 aromatic heterocycles. The van der Waals surface area contributed by atoms with Crippen molar-refractivity contribution in [3.8, 4) is 0 Å². The summed E-state index contributed by atoms with van der Waals surface area (Å²) in [7, 11) is 0. The fourth-order valence-corrected chi connectivity index (χ4v) is 2.36. The molecule has 19 heavy (non-hydrogen) atoms. The smallest absolute Gasteiger partial charge is 0.141 e. The van der Waals surface area contributed by atoms with E-state index in [1.54, 1.807) is 6.07 Å². The molecule has 1 nitrogen and oxygen atoms in total. The fourth-order valence-electron chi connectivity index (χ4n) is 1.77. The quantitative estimate of drug-likeness (QED) is 0.708. The summed E-state index contributed by atoms with van der Waals surface area (Å²) < 4.78 is 14.0. The Morgan fingerprint density at radius 3 is 2.42 bits per heavy atom. The van der Waals surface area contributed by atoms with Crippen LogP contribution in [0.4, 0.5) is 4.39 Å². The average Bonchev–Trinajstić information content (AvgIpc) is 2.36. The van der Waals surface area contributed by atoms with Gasteiger partial charge >= 0.3 is 0 Å². The Morgan fingerprint density at radius 1 is 1.11 bits per heavy atom. The second kappa shape index (κ2) is 6.48. The molecule has 0 bridgehead atoms. The SMILES string of the molecule is O=C(Cc1ccc(I)cc1)Cc1ccc(F)cc1Cl. The van der Waals surface area contributed by atoms with Crippen LogP contribution in [0.15, 0.2) is 42.5 Å². The third-order valence-electron chi connectivity index (χ3n) is 2.72. The Kier molecular flexibility index (Phi) is 4.93. The molecule has 0 aliphatic rings. The third kappa shape index (κ3) is 4.28. The van der Waals surface area contributed by atoms with E-state index in [1.165, 1.54) is 12.1 Å². The van der Waals surface area contributed by atoms with Gasteiger partial charge < -0.3 is 0 Å². The van der Waals surface area contributed by atoms with Gasteiger partial charge in [0.25, 0.3) is 0 Å². The van der Waals surface area contributed by atoms with Crippen LogP contribution in [0.1, 0.15) is 11.1 Å². The van der Waals surface area contributed by atoms with Crippen molar-refractivity contribution in [2.24, 2.45) is 0 Å². The Balaban J connectivity index is 2.03. The summed E-state index contributed by atoms with van der Waals surface area (Å²) in [5, 5.41) is 0.302. The summed E-state index contributed by atoms with van der Waals surface area (Å²) in [6.07, 6.45) is 0.593. The molecule has 0 saturated carbocycles. The van der Waals surface area contributed by atoms with Crippen LogP contribution in [0.5, 0.6) is 0 Å². The number of benzene rings is 2. The van der Waals surface area contributed by atoms with E-state index in [9.17, 15) is 9.18 Å². The third-order valence-corrected chi connectivity index (χ3v) is 3.79. The summed E-state index contributed by atoms with van der Waals surface area (Å²) >= 11 is 8.12. The van der Waals surface area contributed by atoms with E-state index in [1.807, 2.05) is 24.3 Å². The molecule has 0 aliphatic carbocycles. The summed E-state index contributed by atoms with van der Waals surface area (Å²) in [5.41, 5.74) is 1.64. The lowest BCUT2D eigenvalue weighted by Crippen LogP contribution is -2.07. The van der Waals surface area contributed by atoms with Crippen LogP contribution in [0, 0.1) is 9.39 Å². The zero-order valence-corrected chi connectivity index (χ0v) is 12.9. The van der Waals surface area contributed by atoms with Crippen molar-refractivity contribution in [3.05, 3.63) is 68.0 Å². The lowest BCUT2D eigenvalue weighted by Gasteiger charge is -2.04. The fraction of sp³-hybridized carbons (Fsp3) is 0.133. The van der Waals surface area contributed by atoms with E-state index in [2.05, 4.69) is 22.6 Å². The summed E-state index contributed by atoms with van der Waals surface area (Å²) in [5.74, 6) is -0.325. The first-order valence-corrected chi connectivity index (χ1v) is 7.20. The number of halogens is 3. The van der Waals surface area contributed by atoms with Crippen LogP contribution in [0.2, 0.25) is 5.02 Å². The molecule has 0 saturated heterocycles. The minimum atomic E-state index is -0.390. The minimum absolute atomic E-state index is 0.0646. The van der Waals surface area contributed by atoms with Crippen LogP contribution in [0.25, 0.3) is 0 Å². The zero-order valence-electron chi connectivity index (χ0n) is 10.00. The monoisotopic (exact) mass is 388 g/mol. The molecular weight excluding hydrogens is 378 g/mol. The number of hydrogen-bond acceptors (Lipinski definition) is 1. The molecule has 0 fully saturated rings. The molecule has 0 radical (unpaired) electrons. The standard InChI is InChI=1S/C15H11ClFIO/c16-15-9-12(17)4-3-11(15)8-14(19)7-10-1-5-13(18)6-2-10/h1-6,9H,7-8H2. The van der Waals surface area contributed by atoms with Crippen molar-refractivity contribution < 1.29 is 9.18 Å². The second-order valence-corrected chi connectivity index (χ2v) is 5.91. The van der Waals surface area contributed by atoms with Gasteiger partial charge in [0, 0.05) is 21.4 Å². The molecule has 0 unspecified atom stereocenters. The number of Topliss-reactive ketones (excluding diaryl/α,β-unsaturated/α-hetero) is 1. The minimum Gasteiger partial charge on any atom is -0.299 e. The molecule has 4 heteroatoms. The first-order chi connectivity index (χ1) is 9.04. The Labute approximate surface area is 129 Å². The van der Waals surface area contributed by atoms with Crippen LogP contribution >= 0.6 is 34.2 Å². The summed E-state index contributed by atoms with van der Waals surface area (Å²) in [6, 6.07) is 11.9. The molecule has 0 N–H and O–H groups in total. The lowest BCUT2D eigenvalue weighted by atomic mass is 10.0. The van der Waals surface area contributed by atoms with E-state index in [0.717, 1.165) is 9.13 Å². The predicted octanol–water partition coefficient (Wildman–Crippen LogP) is 4.44. The maximum Gasteiger partial charge on any atom is 0.141 e. The maximum atomic E-state index is 12.9. The summed E-state index contributed by atoms with van der Waals surface area (Å²) in [4.78, 5) is 11.9. The molecule has 2 aromatic carbocycles. The molecule has 0 heterocycles. The molecule has 0 spiro atoms. The average molecular weight is 389 g/mol. The Morgan fingerprint density at radius 2 is 1.79 bits per heavy atom. The molecule has 98 valence electrons. The molecule has 2 rings (SSSR count). The number of rotatable bonds is 4. The van der Waals surface area contributed by atoms with E-state index >= 15 is 0 Å². The van der Waals surface area contributed by atoms with E-state index in [4.69, 9.17) is 11.6 Å². The highest BCUT2D eigenvalue weighted by Crippen LogP contribution is 2.18. The van der Waals surface area contributed by atoms with Crippen molar-refractivity contribution in [1.82, 2.24) is 0 Å². The molecule has 0 amide bonds. The molecule has 0 atom stereocenters. The van der Waals surface area contributed by atoms with Gasteiger partial charge in [-0.3, -0.25) is 4.79 Å². The number of ketones is 1. The Bertz CT molecular complexity index is 596. The van der Waals surface area contributed by atoms with Gasteiger partial charge in [0.1, 0.15) is 11.6 Å². The van der Waals surface area contributed by atoms with Gasteiger partial charge in [-0.15, -0.1) is 0 Å². The van der Waals surface area contributed by atoms with Crippen LogP contribution in [-0.2, 0) is 17.6 Å². The summed E-state index contributed by atoms with van der Waals surface area (Å²) in [6.45, 7) is 0. The van der Waals surface area contributed by atoms with E-state index < -0.39 is 0 Å². The normalized spacial score (nSPS) is 10.5. The van der Waals surface area contributed by atoms with Crippen molar-refractivity contribution in [2.45, 2.75) is 12.8 Å². The van der Waals surface area contributed by atoms with Crippen molar-refractivity contribution in [2.75, 3.05) is 0 Å². The van der Waals surface area contributed by atoms with Gasteiger partial charge in [-0.25, -0.2) is 4.39 Å². The predicted molar refractivity (Wildman–Crippen MR) is 83.0 cm³/mol. The van der Waals surface area contributed by atoms with Crippen molar-refractivity contribution in [1.29, 1.82) is 0 Å². The van der Waals surface area contributed by atoms with Crippen LogP contribution in [-0.4, -0.2) is 5.78 Å². The zero-order chi connectivity index (χ0) is 13.8. The van der Waals surface area contributed by atoms with Gasteiger partial charge in [-0.05, 0) is 58.0 Å². The second-order valence-electron chi connectivity index (χ2n) is 4.25. The highest BCUT2D eigenvalue weighted by molar-refractivity contribution is 14.1. The van der Waals surface area contributed by atoms with Gasteiger partial charge in [-0.2, -0.15) is 0 Å². The van der Waals surface area contributed by atoms with E-state index in [0.29, 0.717) is 17.0 Å². The maximum absolute atomic E-state index is 12.9. The topological polar surface area (TPSA) is 17.1 Å². The van der Waals surface area contributed by atoms with Crippen LogP contribution < -0.4 is 0 Å². The van der Waals surface area contributed by atoms with Gasteiger partial charge in [0.15, 0.2) is 0 Å². The van der Waals surface area contributed by atoms with Crippen molar-refractivity contribution in [3.63, 3.8) is 0 Å². The molecule has 2 aromatic rings. The molecule has 0 aliphatic heterocycles. The largest absolute Gasteiger partial charge is 0.299 e. The number of carbonyl (C=O) groups excluding carboxylic acids is 1. The van der Waals surface area contributed by atoms with Crippen LogP contribution in [0.3, 0.4) is 0 Å². The first-order valence-electron chi connectivity index (χ1n) is 5.74.